The molecule has 0 amide bonds. The van der Waals surface area contributed by atoms with Gasteiger partial charge in [0.15, 0.2) is 0 Å². The Hall–Kier alpha value is -3.32. The fourth-order valence-electron chi connectivity index (χ4n) is 3.08. The monoisotopic (exact) mass is 382 g/mol. The first-order valence-corrected chi connectivity index (χ1v) is 8.49. The summed E-state index contributed by atoms with van der Waals surface area (Å²) < 4.78 is 5.14. The molecule has 7 nitrogen and oxygen atoms in total. The van der Waals surface area contributed by atoms with E-state index in [9.17, 15) is 9.90 Å². The lowest BCUT2D eigenvalue weighted by Gasteiger charge is -2.19. The molecule has 0 saturated heterocycles. The largest absolute Gasteiger partial charge is 0.509 e. The zero-order chi connectivity index (χ0) is 19.1. The molecule has 0 bridgehead atoms. The standard InChI is InChI=1S/C19H15ClN4O3/c1-27-15-7-6-10(8-12(15)20)24-9-14(25)16(17(24)21)18-22-13-5-3-2-4-11(13)19(26)23-18/h2-8,21,25H,9H2,1H3,(H,22,23,26). The van der Waals surface area contributed by atoms with E-state index in [0.29, 0.717) is 27.4 Å². The Morgan fingerprint density at radius 1 is 1.30 bits per heavy atom. The van der Waals surface area contributed by atoms with Crippen molar-refractivity contribution in [3.05, 3.63) is 69.4 Å². The number of aliphatic hydroxyl groups is 1. The maximum Gasteiger partial charge on any atom is 0.259 e. The van der Waals surface area contributed by atoms with Crippen molar-refractivity contribution in [3.63, 3.8) is 0 Å². The molecule has 1 aliphatic rings. The summed E-state index contributed by atoms with van der Waals surface area (Å²) in [6.45, 7) is 0.0767. The van der Waals surface area contributed by atoms with Gasteiger partial charge in [0.05, 0.1) is 35.2 Å². The summed E-state index contributed by atoms with van der Waals surface area (Å²) in [6, 6.07) is 12.0. The average molecular weight is 383 g/mol. The lowest BCUT2D eigenvalue weighted by Crippen LogP contribution is -2.26. The quantitative estimate of drug-likeness (QED) is 0.644. The van der Waals surface area contributed by atoms with Crippen molar-refractivity contribution in [3.8, 4) is 5.75 Å². The number of para-hydroxylation sites is 1. The van der Waals surface area contributed by atoms with Crippen LogP contribution in [0.5, 0.6) is 5.75 Å². The Balaban J connectivity index is 1.75. The van der Waals surface area contributed by atoms with E-state index >= 15 is 0 Å². The number of hydrogen-bond donors (Lipinski definition) is 3. The van der Waals surface area contributed by atoms with E-state index in [0.717, 1.165) is 0 Å². The van der Waals surface area contributed by atoms with E-state index < -0.39 is 0 Å². The minimum absolute atomic E-state index is 0.0205. The van der Waals surface area contributed by atoms with Gasteiger partial charge < -0.3 is 19.7 Å². The molecule has 2 aromatic carbocycles. The van der Waals surface area contributed by atoms with Crippen LogP contribution in [0, 0.1) is 5.41 Å². The zero-order valence-electron chi connectivity index (χ0n) is 14.3. The fourth-order valence-corrected chi connectivity index (χ4v) is 3.33. The first-order valence-electron chi connectivity index (χ1n) is 8.11. The molecule has 0 atom stereocenters. The van der Waals surface area contributed by atoms with Crippen molar-refractivity contribution in [1.29, 1.82) is 5.41 Å². The van der Waals surface area contributed by atoms with Crippen molar-refractivity contribution in [2.75, 3.05) is 18.6 Å². The Morgan fingerprint density at radius 3 is 2.81 bits per heavy atom. The molecule has 0 spiro atoms. The highest BCUT2D eigenvalue weighted by Crippen LogP contribution is 2.34. The van der Waals surface area contributed by atoms with E-state index in [4.69, 9.17) is 21.7 Å². The third kappa shape index (κ3) is 2.82. The van der Waals surface area contributed by atoms with Crippen LogP contribution >= 0.6 is 11.6 Å². The first-order chi connectivity index (χ1) is 13.0. The Bertz CT molecular complexity index is 1170. The van der Waals surface area contributed by atoms with Gasteiger partial charge in [-0.2, -0.15) is 0 Å². The van der Waals surface area contributed by atoms with E-state index in [1.807, 2.05) is 0 Å². The molecule has 3 aromatic rings. The molecule has 4 rings (SSSR count). The number of rotatable bonds is 3. The van der Waals surface area contributed by atoms with Gasteiger partial charge in [-0.15, -0.1) is 0 Å². The molecule has 0 saturated carbocycles. The van der Waals surface area contributed by atoms with Gasteiger partial charge in [-0.05, 0) is 30.3 Å². The van der Waals surface area contributed by atoms with Crippen LogP contribution in [0.15, 0.2) is 53.0 Å². The third-order valence-corrected chi connectivity index (χ3v) is 4.70. The molecule has 0 unspecified atom stereocenters. The number of nitrogens with one attached hydrogen (secondary N) is 2. The number of hydrogen-bond acceptors (Lipinski definition) is 5. The van der Waals surface area contributed by atoms with Gasteiger partial charge in [0.25, 0.3) is 5.56 Å². The molecule has 1 aliphatic heterocycles. The van der Waals surface area contributed by atoms with E-state index in [1.165, 1.54) is 7.11 Å². The molecule has 136 valence electrons. The number of aliphatic hydroxyl groups excluding tert-OH is 1. The first kappa shape index (κ1) is 17.1. The van der Waals surface area contributed by atoms with Crippen LogP contribution < -0.4 is 15.2 Å². The van der Waals surface area contributed by atoms with Crippen LogP contribution in [0.3, 0.4) is 0 Å². The maximum absolute atomic E-state index is 12.3. The third-order valence-electron chi connectivity index (χ3n) is 4.40. The number of aromatic nitrogens is 2. The van der Waals surface area contributed by atoms with E-state index in [1.54, 1.807) is 47.4 Å². The van der Waals surface area contributed by atoms with Gasteiger partial charge in [-0.3, -0.25) is 10.2 Å². The van der Waals surface area contributed by atoms with Crippen LogP contribution in [0.2, 0.25) is 5.02 Å². The minimum atomic E-state index is -0.324. The summed E-state index contributed by atoms with van der Waals surface area (Å²) in [5, 5.41) is 19.8. The molecule has 0 fully saturated rings. The van der Waals surface area contributed by atoms with E-state index in [-0.39, 0.29) is 35.1 Å². The topological polar surface area (TPSA) is 102 Å². The lowest BCUT2D eigenvalue weighted by molar-refractivity contribution is 0.411. The van der Waals surface area contributed by atoms with Gasteiger partial charge in [0, 0.05) is 5.69 Å². The second kappa shape index (κ2) is 6.44. The summed E-state index contributed by atoms with van der Waals surface area (Å²) in [5.41, 5.74) is 0.977. The summed E-state index contributed by atoms with van der Waals surface area (Å²) in [5.74, 6) is 0.643. The number of anilines is 1. The van der Waals surface area contributed by atoms with Crippen LogP contribution in [0.4, 0.5) is 5.69 Å². The molecule has 8 heteroatoms. The summed E-state index contributed by atoms with van der Waals surface area (Å²) in [6.07, 6.45) is 0. The van der Waals surface area contributed by atoms with Crippen LogP contribution in [0.25, 0.3) is 16.5 Å². The highest BCUT2D eigenvalue weighted by Gasteiger charge is 2.31. The van der Waals surface area contributed by atoms with Gasteiger partial charge in [-0.25, -0.2) is 4.98 Å². The maximum atomic E-state index is 12.3. The highest BCUT2D eigenvalue weighted by atomic mass is 35.5. The zero-order valence-corrected chi connectivity index (χ0v) is 15.0. The number of amidine groups is 1. The Labute approximate surface area is 159 Å². The number of fused-ring (bicyclic) bond motifs is 1. The Morgan fingerprint density at radius 2 is 2.07 bits per heavy atom. The predicted molar refractivity (Wildman–Crippen MR) is 105 cm³/mol. The number of aromatic amines is 1. The molecule has 0 aliphatic carbocycles. The number of H-pyrrole nitrogens is 1. The molecule has 3 N–H and O–H groups in total. The minimum Gasteiger partial charge on any atom is -0.509 e. The molecular weight excluding hydrogens is 368 g/mol. The van der Waals surface area contributed by atoms with Crippen LogP contribution in [-0.4, -0.2) is 34.6 Å². The summed E-state index contributed by atoms with van der Waals surface area (Å²) in [4.78, 5) is 21.0. The van der Waals surface area contributed by atoms with Gasteiger partial charge >= 0.3 is 0 Å². The van der Waals surface area contributed by atoms with Crippen molar-refractivity contribution in [1.82, 2.24) is 9.97 Å². The van der Waals surface area contributed by atoms with Crippen LogP contribution in [0.1, 0.15) is 5.82 Å². The summed E-state index contributed by atoms with van der Waals surface area (Å²) in [7, 11) is 1.52. The van der Waals surface area contributed by atoms with Crippen LogP contribution in [-0.2, 0) is 0 Å². The normalized spacial score (nSPS) is 14.3. The SMILES string of the molecule is COc1ccc(N2CC(O)=C(c3nc4ccccc4c(=O)[nH]3)C2=N)cc1Cl. The smallest absolute Gasteiger partial charge is 0.259 e. The van der Waals surface area contributed by atoms with Crippen molar-refractivity contribution in [2.45, 2.75) is 0 Å². The molecule has 27 heavy (non-hydrogen) atoms. The number of benzene rings is 2. The summed E-state index contributed by atoms with van der Waals surface area (Å²) >= 11 is 6.17. The second-order valence-corrected chi connectivity index (χ2v) is 6.41. The number of methoxy groups -OCH3 is 1. The fraction of sp³-hybridized carbons (Fsp3) is 0.105. The molecule has 1 aromatic heterocycles. The predicted octanol–water partition coefficient (Wildman–Crippen LogP) is 3.35. The van der Waals surface area contributed by atoms with Crippen molar-refractivity contribution in [2.24, 2.45) is 0 Å². The second-order valence-electron chi connectivity index (χ2n) is 6.01. The van der Waals surface area contributed by atoms with Gasteiger partial charge in [0.1, 0.15) is 23.2 Å². The Kier molecular flexibility index (Phi) is 4.08. The number of halogens is 1. The number of nitrogens with zero attached hydrogens (tertiary/aromatic N) is 2. The van der Waals surface area contributed by atoms with Crippen molar-refractivity contribution >= 4 is 39.6 Å². The molecule has 2 heterocycles. The van der Waals surface area contributed by atoms with E-state index in [2.05, 4.69) is 9.97 Å². The number of ether oxygens (including phenoxy) is 1. The van der Waals surface area contributed by atoms with Gasteiger partial charge in [-0.1, -0.05) is 23.7 Å². The van der Waals surface area contributed by atoms with Crippen molar-refractivity contribution < 1.29 is 9.84 Å². The molecular formula is C19H15ClN4O3. The van der Waals surface area contributed by atoms with Gasteiger partial charge in [0.2, 0.25) is 0 Å². The highest BCUT2D eigenvalue weighted by molar-refractivity contribution is 6.33. The lowest BCUT2D eigenvalue weighted by atomic mass is 10.2. The average Bonchev–Trinajstić information content (AvgIpc) is 2.96. The molecule has 0 radical (unpaired) electrons.